The van der Waals surface area contributed by atoms with Crippen LogP contribution >= 0.6 is 0 Å². The maximum atomic E-state index is 12.1. The average molecular weight is 103 g/mol. The first kappa shape index (κ1) is 5.04. The maximum Gasteiger partial charge on any atom is 0.151 e. The lowest BCUT2D eigenvalue weighted by molar-refractivity contribution is 0.301. The van der Waals surface area contributed by atoms with Gasteiger partial charge in [0.1, 0.15) is 0 Å². The van der Waals surface area contributed by atoms with Gasteiger partial charge in [-0.25, -0.2) is 4.39 Å². The number of nitrogens with one attached hydrogen (secondary N) is 1. The molecule has 7 heavy (non-hydrogen) atoms. The summed E-state index contributed by atoms with van der Waals surface area (Å²) in [5.41, 5.74) is 0. The Morgan fingerprint density at radius 3 is 2.43 bits per heavy atom. The molecule has 0 aromatic heterocycles. The normalized spacial score (nSPS) is 42.0. The smallest absolute Gasteiger partial charge is 0.151 e. The van der Waals surface area contributed by atoms with Crippen LogP contribution in [0.3, 0.4) is 0 Å². The molecule has 1 aliphatic heterocycles. The van der Waals surface area contributed by atoms with E-state index < -0.39 is 6.30 Å². The molecule has 0 spiro atoms. The summed E-state index contributed by atoms with van der Waals surface area (Å²) in [7, 11) is 0. The summed E-state index contributed by atoms with van der Waals surface area (Å²) in [6.45, 7) is 2.00. The van der Waals surface area contributed by atoms with Crippen molar-refractivity contribution in [3.8, 4) is 0 Å². The van der Waals surface area contributed by atoms with E-state index in [2.05, 4.69) is 5.32 Å². The van der Waals surface area contributed by atoms with Gasteiger partial charge in [-0.1, -0.05) is 0 Å². The van der Waals surface area contributed by atoms with Gasteiger partial charge in [-0.2, -0.15) is 0 Å². The molecule has 0 bridgehead atoms. The SMILES string of the molecule is C[C@H]1CCC(F)N1. The largest absolute Gasteiger partial charge is 0.285 e. The summed E-state index contributed by atoms with van der Waals surface area (Å²) in [6, 6.07) is 0.398. The first-order chi connectivity index (χ1) is 3.29. The average Bonchev–Trinajstić information content (AvgIpc) is 1.87. The molecule has 1 heterocycles. The molecule has 0 aromatic rings. The summed E-state index contributed by atoms with van der Waals surface area (Å²) in [5.74, 6) is 0. The highest BCUT2D eigenvalue weighted by Gasteiger charge is 2.17. The molecule has 1 nitrogen and oxygen atoms in total. The third-order valence-corrected chi connectivity index (χ3v) is 1.32. The van der Waals surface area contributed by atoms with Crippen molar-refractivity contribution in [2.75, 3.05) is 0 Å². The van der Waals surface area contributed by atoms with Crippen molar-refractivity contribution < 1.29 is 4.39 Å². The van der Waals surface area contributed by atoms with Crippen LogP contribution in [0, 0.1) is 0 Å². The molecule has 0 saturated carbocycles. The topological polar surface area (TPSA) is 12.0 Å². The lowest BCUT2D eigenvalue weighted by Crippen LogP contribution is -2.22. The molecule has 1 saturated heterocycles. The Balaban J connectivity index is 2.26. The van der Waals surface area contributed by atoms with Gasteiger partial charge in [0.2, 0.25) is 0 Å². The van der Waals surface area contributed by atoms with Gasteiger partial charge in [0.15, 0.2) is 6.30 Å². The quantitative estimate of drug-likeness (QED) is 0.452. The van der Waals surface area contributed by atoms with Gasteiger partial charge >= 0.3 is 0 Å². The second-order valence-electron chi connectivity index (χ2n) is 2.11. The van der Waals surface area contributed by atoms with Crippen LogP contribution in [0.2, 0.25) is 0 Å². The molecule has 1 unspecified atom stereocenters. The van der Waals surface area contributed by atoms with Crippen LogP contribution in [0.15, 0.2) is 0 Å². The summed E-state index contributed by atoms with van der Waals surface area (Å²) < 4.78 is 12.1. The van der Waals surface area contributed by atoms with Crippen molar-refractivity contribution in [3.05, 3.63) is 0 Å². The third kappa shape index (κ3) is 1.13. The Kier molecular flexibility index (Phi) is 1.28. The Morgan fingerprint density at radius 1 is 1.57 bits per heavy atom. The van der Waals surface area contributed by atoms with E-state index in [-0.39, 0.29) is 0 Å². The van der Waals surface area contributed by atoms with Gasteiger partial charge in [-0.15, -0.1) is 0 Å². The third-order valence-electron chi connectivity index (χ3n) is 1.32. The Morgan fingerprint density at radius 2 is 2.29 bits per heavy atom. The van der Waals surface area contributed by atoms with Crippen molar-refractivity contribution >= 4 is 0 Å². The molecular weight excluding hydrogens is 93.1 g/mol. The highest BCUT2D eigenvalue weighted by molar-refractivity contribution is 4.72. The molecule has 1 fully saturated rings. The van der Waals surface area contributed by atoms with E-state index in [4.69, 9.17) is 0 Å². The molecule has 0 aromatic carbocycles. The van der Waals surface area contributed by atoms with E-state index in [9.17, 15) is 4.39 Å². The lowest BCUT2D eigenvalue weighted by atomic mass is 10.3. The summed E-state index contributed by atoms with van der Waals surface area (Å²) in [4.78, 5) is 0. The Bertz CT molecular complexity index is 57.1. The summed E-state index contributed by atoms with van der Waals surface area (Å²) in [6.07, 6.45) is 0.956. The van der Waals surface area contributed by atoms with Crippen LogP contribution in [0.25, 0.3) is 0 Å². The zero-order valence-corrected chi connectivity index (χ0v) is 4.45. The molecule has 1 N–H and O–H groups in total. The second-order valence-corrected chi connectivity index (χ2v) is 2.11. The van der Waals surface area contributed by atoms with Crippen LogP contribution in [0.5, 0.6) is 0 Å². The predicted molar refractivity (Wildman–Crippen MR) is 26.7 cm³/mol. The first-order valence-electron chi connectivity index (χ1n) is 2.69. The minimum Gasteiger partial charge on any atom is -0.285 e. The standard InChI is InChI=1S/C5H10FN/c1-4-2-3-5(6)7-4/h4-5,7H,2-3H2,1H3/t4-,5?/m0/s1. The lowest BCUT2D eigenvalue weighted by Gasteiger charge is -1.98. The zero-order valence-electron chi connectivity index (χ0n) is 4.45. The predicted octanol–water partition coefficient (Wildman–Crippen LogP) is 1.05. The fraction of sp³-hybridized carbons (Fsp3) is 1.00. The first-order valence-corrected chi connectivity index (χ1v) is 2.69. The van der Waals surface area contributed by atoms with Crippen molar-refractivity contribution in [1.82, 2.24) is 5.32 Å². The van der Waals surface area contributed by atoms with E-state index in [0.29, 0.717) is 12.5 Å². The minimum absolute atomic E-state index is 0.398. The number of rotatable bonds is 0. The Labute approximate surface area is 42.9 Å². The van der Waals surface area contributed by atoms with E-state index >= 15 is 0 Å². The fourth-order valence-corrected chi connectivity index (χ4v) is 0.872. The summed E-state index contributed by atoms with van der Waals surface area (Å²) in [5, 5.41) is 2.75. The number of alkyl halides is 1. The molecule has 0 aliphatic carbocycles. The van der Waals surface area contributed by atoms with Crippen LogP contribution in [0.1, 0.15) is 19.8 Å². The van der Waals surface area contributed by atoms with Crippen LogP contribution in [0.4, 0.5) is 4.39 Å². The Hall–Kier alpha value is -0.110. The maximum absolute atomic E-state index is 12.1. The molecule has 0 radical (unpaired) electrons. The van der Waals surface area contributed by atoms with Crippen molar-refractivity contribution in [1.29, 1.82) is 0 Å². The molecule has 1 rings (SSSR count). The van der Waals surface area contributed by atoms with Gasteiger partial charge in [-0.3, -0.25) is 5.32 Å². The monoisotopic (exact) mass is 103 g/mol. The van der Waals surface area contributed by atoms with Crippen LogP contribution in [-0.2, 0) is 0 Å². The van der Waals surface area contributed by atoms with Gasteiger partial charge in [-0.05, 0) is 19.8 Å². The highest BCUT2D eigenvalue weighted by Crippen LogP contribution is 2.11. The van der Waals surface area contributed by atoms with Gasteiger partial charge < -0.3 is 0 Å². The minimum atomic E-state index is -0.727. The number of hydrogen-bond donors (Lipinski definition) is 1. The second kappa shape index (κ2) is 1.78. The number of halogens is 1. The van der Waals surface area contributed by atoms with Crippen molar-refractivity contribution in [2.45, 2.75) is 32.1 Å². The van der Waals surface area contributed by atoms with Gasteiger partial charge in [0, 0.05) is 6.04 Å². The molecular formula is C5H10FN. The molecule has 42 valence electrons. The van der Waals surface area contributed by atoms with E-state index in [1.54, 1.807) is 0 Å². The molecule has 1 aliphatic rings. The van der Waals surface area contributed by atoms with Gasteiger partial charge in [0.25, 0.3) is 0 Å². The van der Waals surface area contributed by atoms with Crippen molar-refractivity contribution in [3.63, 3.8) is 0 Å². The van der Waals surface area contributed by atoms with E-state index in [1.165, 1.54) is 0 Å². The molecule has 2 heteroatoms. The fourth-order valence-electron chi connectivity index (χ4n) is 0.872. The van der Waals surface area contributed by atoms with Gasteiger partial charge in [0.05, 0.1) is 0 Å². The van der Waals surface area contributed by atoms with E-state index in [0.717, 1.165) is 6.42 Å². The van der Waals surface area contributed by atoms with Crippen LogP contribution < -0.4 is 5.32 Å². The van der Waals surface area contributed by atoms with E-state index in [1.807, 2.05) is 6.92 Å². The van der Waals surface area contributed by atoms with Crippen LogP contribution in [-0.4, -0.2) is 12.3 Å². The zero-order chi connectivity index (χ0) is 5.28. The number of hydrogen-bond acceptors (Lipinski definition) is 1. The molecule has 0 amide bonds. The van der Waals surface area contributed by atoms with Crippen molar-refractivity contribution in [2.24, 2.45) is 0 Å². The summed E-state index contributed by atoms with van der Waals surface area (Å²) >= 11 is 0. The molecule has 2 atom stereocenters. The highest BCUT2D eigenvalue weighted by atomic mass is 19.1.